The number of hydrogen-bond donors (Lipinski definition) is 3. The zero-order valence-corrected chi connectivity index (χ0v) is 59.8. The largest absolute Gasteiger partial charge is 0.472 e. The van der Waals surface area contributed by atoms with Crippen molar-refractivity contribution in [2.75, 3.05) is 39.6 Å². The molecule has 17 nitrogen and oxygen atoms in total. The van der Waals surface area contributed by atoms with E-state index in [9.17, 15) is 43.2 Å². The number of carbonyl (C=O) groups excluding carboxylic acids is 4. The molecule has 0 fully saturated rings. The van der Waals surface area contributed by atoms with E-state index in [2.05, 4.69) is 76.3 Å². The van der Waals surface area contributed by atoms with Crippen molar-refractivity contribution < 1.29 is 80.2 Å². The summed E-state index contributed by atoms with van der Waals surface area (Å²) < 4.78 is 68.1. The fourth-order valence-corrected chi connectivity index (χ4v) is 11.3. The Hall–Kier alpha value is -3.50. The van der Waals surface area contributed by atoms with Gasteiger partial charge in [-0.3, -0.25) is 37.3 Å². The molecule has 3 N–H and O–H groups in total. The minimum Gasteiger partial charge on any atom is -0.462 e. The number of phosphoric ester groups is 2. The lowest BCUT2D eigenvalue weighted by atomic mass is 10.1. The van der Waals surface area contributed by atoms with Crippen LogP contribution in [0.15, 0.2) is 72.9 Å². The standard InChI is InChI=1S/C73H130O17P2/c1-5-9-13-17-21-25-29-31-33-35-39-42-46-50-54-58-71(76)84-64-69(90-73(78)60-56-52-48-44-40-36-34-32-30-26-22-18-14-10-6-2)66-88-92(81,82)86-62-67(74)61-85-91(79,80)87-65-68(89-72(77)59-55-51-47-43-38-28-24-20-16-12-8-4)63-83-70(75)57-53-49-45-41-37-27-23-19-15-11-7-3/h9,13,21,25,31-34,39,42,50,54,67-69,74H,5-8,10-12,14-20,22-24,26-30,35-38,40-41,43-49,51-53,55-66H2,1-4H3,(H,79,80)(H,81,82)/b13-9-,25-21-,33-31-,34-32-,42-39-,54-50-. The molecule has 0 rings (SSSR count). The highest BCUT2D eigenvalue weighted by atomic mass is 31.2. The Labute approximate surface area is 558 Å². The van der Waals surface area contributed by atoms with Gasteiger partial charge in [-0.25, -0.2) is 9.13 Å². The first-order valence-corrected chi connectivity index (χ1v) is 39.2. The van der Waals surface area contributed by atoms with Crippen LogP contribution in [0.5, 0.6) is 0 Å². The lowest BCUT2D eigenvalue weighted by Gasteiger charge is -2.21. The van der Waals surface area contributed by atoms with E-state index >= 15 is 0 Å². The molecule has 0 saturated heterocycles. The predicted octanol–water partition coefficient (Wildman–Crippen LogP) is 20.1. The molecule has 0 aliphatic rings. The monoisotopic (exact) mass is 1340 g/mol. The van der Waals surface area contributed by atoms with E-state index in [1.54, 1.807) is 6.08 Å². The van der Waals surface area contributed by atoms with Crippen LogP contribution in [0.25, 0.3) is 0 Å². The van der Waals surface area contributed by atoms with Gasteiger partial charge < -0.3 is 33.8 Å². The highest BCUT2D eigenvalue weighted by molar-refractivity contribution is 7.47. The van der Waals surface area contributed by atoms with Crippen LogP contribution in [0.1, 0.15) is 310 Å². The second kappa shape index (κ2) is 66.1. The van der Waals surface area contributed by atoms with E-state index in [0.717, 1.165) is 109 Å². The third-order valence-corrected chi connectivity index (χ3v) is 17.1. The van der Waals surface area contributed by atoms with Gasteiger partial charge in [-0.1, -0.05) is 280 Å². The molecule has 0 heterocycles. The summed E-state index contributed by atoms with van der Waals surface area (Å²) in [4.78, 5) is 72.5. The van der Waals surface area contributed by atoms with Gasteiger partial charge >= 0.3 is 39.5 Å². The maximum Gasteiger partial charge on any atom is 0.472 e. The summed E-state index contributed by atoms with van der Waals surface area (Å²) in [5.74, 6) is -2.31. The molecule has 0 aromatic heterocycles. The van der Waals surface area contributed by atoms with Crippen molar-refractivity contribution in [2.24, 2.45) is 0 Å². The Balaban J connectivity index is 5.37. The normalized spacial score (nSPS) is 14.5. The third kappa shape index (κ3) is 65.2. The minimum absolute atomic E-state index is 0.0682. The van der Waals surface area contributed by atoms with Crippen LogP contribution in [0.4, 0.5) is 0 Å². The second-order valence-electron chi connectivity index (χ2n) is 24.2. The Morgan fingerprint density at radius 1 is 0.326 bits per heavy atom. The fraction of sp³-hybridized carbons (Fsp3) is 0.781. The Morgan fingerprint density at radius 2 is 0.609 bits per heavy atom. The van der Waals surface area contributed by atoms with E-state index in [1.807, 2.05) is 18.2 Å². The Morgan fingerprint density at radius 3 is 0.957 bits per heavy atom. The van der Waals surface area contributed by atoms with Gasteiger partial charge in [0, 0.05) is 19.3 Å². The van der Waals surface area contributed by atoms with Gasteiger partial charge in [-0.15, -0.1) is 0 Å². The van der Waals surface area contributed by atoms with Gasteiger partial charge in [0.1, 0.15) is 19.3 Å². The molecule has 0 aliphatic heterocycles. The predicted molar refractivity (Wildman–Crippen MR) is 372 cm³/mol. The number of unbranched alkanes of at least 4 members (excludes halogenated alkanes) is 31. The highest BCUT2D eigenvalue weighted by Crippen LogP contribution is 2.45. The number of carbonyl (C=O) groups is 4. The van der Waals surface area contributed by atoms with Crippen molar-refractivity contribution in [3.8, 4) is 0 Å². The molecular weight excluding hydrogens is 1210 g/mol. The average Bonchev–Trinajstić information content (AvgIpc) is 2.93. The molecular formula is C73H130O17P2. The van der Waals surface area contributed by atoms with Gasteiger partial charge in [0.25, 0.3) is 0 Å². The zero-order valence-electron chi connectivity index (χ0n) is 58.0. The van der Waals surface area contributed by atoms with Gasteiger partial charge in [-0.2, -0.15) is 0 Å². The number of allylic oxidation sites excluding steroid dienone is 11. The average molecular weight is 1340 g/mol. The molecule has 0 saturated carbocycles. The molecule has 0 amide bonds. The number of hydrogen-bond acceptors (Lipinski definition) is 15. The quantitative estimate of drug-likeness (QED) is 0.0169. The maximum absolute atomic E-state index is 13.0. The molecule has 5 unspecified atom stereocenters. The van der Waals surface area contributed by atoms with E-state index in [1.165, 1.54) is 122 Å². The van der Waals surface area contributed by atoms with Crippen LogP contribution in [-0.4, -0.2) is 96.7 Å². The lowest BCUT2D eigenvalue weighted by molar-refractivity contribution is -0.161. The summed E-state index contributed by atoms with van der Waals surface area (Å²) in [6.45, 7) is 4.63. The summed E-state index contributed by atoms with van der Waals surface area (Å²) >= 11 is 0. The van der Waals surface area contributed by atoms with Crippen molar-refractivity contribution in [3.05, 3.63) is 72.9 Å². The molecule has 0 radical (unpaired) electrons. The molecule has 0 aromatic carbocycles. The van der Waals surface area contributed by atoms with Crippen molar-refractivity contribution in [2.45, 2.75) is 329 Å². The van der Waals surface area contributed by atoms with Gasteiger partial charge in [-0.05, 0) is 77.0 Å². The van der Waals surface area contributed by atoms with Crippen molar-refractivity contribution in [1.82, 2.24) is 0 Å². The first kappa shape index (κ1) is 88.5. The summed E-state index contributed by atoms with van der Waals surface area (Å²) in [5, 5.41) is 10.6. The van der Waals surface area contributed by atoms with Crippen LogP contribution < -0.4 is 0 Å². The first-order chi connectivity index (χ1) is 44.7. The SMILES string of the molecule is CC/C=C\C/C=C\C/C=C\C/C=C\C/C=C\CC(=O)OCC(COP(=O)(O)OCC(O)COP(=O)(O)OCC(COC(=O)CCCCCCCCCCCCC)OC(=O)CCCCCCCCCCCCC)OC(=O)CCCCCCC/C=C\CCCCCCCC. The molecule has 0 spiro atoms. The third-order valence-electron chi connectivity index (χ3n) is 15.2. The molecule has 0 bridgehead atoms. The van der Waals surface area contributed by atoms with Crippen molar-refractivity contribution >= 4 is 39.5 Å². The Kier molecular flexibility index (Phi) is 63.6. The number of aliphatic hydroxyl groups is 1. The van der Waals surface area contributed by atoms with Crippen LogP contribution in [0.2, 0.25) is 0 Å². The van der Waals surface area contributed by atoms with Crippen LogP contribution in [0.3, 0.4) is 0 Å². The molecule has 92 heavy (non-hydrogen) atoms. The fourth-order valence-electron chi connectivity index (χ4n) is 9.70. The topological polar surface area (TPSA) is 237 Å². The number of rotatable bonds is 68. The first-order valence-electron chi connectivity index (χ1n) is 36.2. The zero-order chi connectivity index (χ0) is 67.5. The summed E-state index contributed by atoms with van der Waals surface area (Å²) in [7, 11) is -9.95. The van der Waals surface area contributed by atoms with E-state index < -0.39 is 97.5 Å². The Bertz CT molecular complexity index is 2040. The van der Waals surface area contributed by atoms with Gasteiger partial charge in [0.2, 0.25) is 0 Å². The van der Waals surface area contributed by atoms with Gasteiger partial charge in [0.15, 0.2) is 12.2 Å². The molecule has 19 heteroatoms. The van der Waals surface area contributed by atoms with E-state index in [4.69, 9.17) is 37.0 Å². The van der Waals surface area contributed by atoms with Gasteiger partial charge in [0.05, 0.1) is 32.8 Å². The van der Waals surface area contributed by atoms with E-state index in [-0.39, 0.29) is 25.7 Å². The number of ether oxygens (including phenoxy) is 4. The number of esters is 4. The number of aliphatic hydroxyl groups excluding tert-OH is 1. The van der Waals surface area contributed by atoms with Crippen LogP contribution in [0, 0.1) is 0 Å². The van der Waals surface area contributed by atoms with E-state index in [0.29, 0.717) is 25.7 Å². The second-order valence-corrected chi connectivity index (χ2v) is 27.1. The van der Waals surface area contributed by atoms with Crippen molar-refractivity contribution in [3.63, 3.8) is 0 Å². The minimum atomic E-state index is -4.98. The molecule has 534 valence electrons. The summed E-state index contributed by atoms with van der Waals surface area (Å²) in [6.07, 6.45) is 63.7. The molecule has 0 aromatic rings. The van der Waals surface area contributed by atoms with Crippen LogP contribution >= 0.6 is 15.6 Å². The smallest absolute Gasteiger partial charge is 0.462 e. The maximum atomic E-state index is 13.0. The highest BCUT2D eigenvalue weighted by Gasteiger charge is 2.30. The summed E-state index contributed by atoms with van der Waals surface area (Å²) in [5.41, 5.74) is 0. The molecule has 0 aliphatic carbocycles. The lowest BCUT2D eigenvalue weighted by Crippen LogP contribution is -2.30. The van der Waals surface area contributed by atoms with Crippen LogP contribution in [-0.2, 0) is 65.4 Å². The molecule has 5 atom stereocenters. The number of phosphoric acid groups is 2. The summed E-state index contributed by atoms with van der Waals surface area (Å²) in [6, 6.07) is 0. The van der Waals surface area contributed by atoms with Crippen molar-refractivity contribution in [1.29, 1.82) is 0 Å².